The molecule has 0 aromatic heterocycles. The van der Waals surface area contributed by atoms with Crippen LogP contribution in [-0.2, 0) is 5.41 Å². The van der Waals surface area contributed by atoms with Crippen molar-refractivity contribution in [3.05, 3.63) is 149 Å². The van der Waals surface area contributed by atoms with Crippen LogP contribution in [0.15, 0.2) is 121 Å². The Hall–Kier alpha value is -4.50. The van der Waals surface area contributed by atoms with E-state index in [4.69, 9.17) is 0 Å². The van der Waals surface area contributed by atoms with Gasteiger partial charge < -0.3 is 14.7 Å². The monoisotopic (exact) mass is 623 g/mol. The van der Waals surface area contributed by atoms with Crippen LogP contribution in [0.4, 0.5) is 28.4 Å². The standard InChI is InChI=1S/C44H53N3/c1-9-45(10-2)41-30-31-42(43(32-41)46(11-3)12-4)34(6)35-20-26-39(27-21-35)47(38-24-18-33(5)19-25-38)40-28-22-37(23-29-40)44(7,8)36-16-14-13-15-17-36/h13-32,34H,9-12H2,1-8H3. The maximum Gasteiger partial charge on any atom is 0.0461 e. The highest BCUT2D eigenvalue weighted by Gasteiger charge is 2.24. The molecule has 0 aliphatic heterocycles. The van der Waals surface area contributed by atoms with Gasteiger partial charge in [-0.15, -0.1) is 0 Å². The Labute approximate surface area is 284 Å². The lowest BCUT2D eigenvalue weighted by Gasteiger charge is -2.30. The van der Waals surface area contributed by atoms with Crippen molar-refractivity contribution in [2.24, 2.45) is 0 Å². The van der Waals surface area contributed by atoms with Gasteiger partial charge in [0.15, 0.2) is 0 Å². The van der Waals surface area contributed by atoms with E-state index < -0.39 is 0 Å². The lowest BCUT2D eigenvalue weighted by Crippen LogP contribution is -2.26. The van der Waals surface area contributed by atoms with E-state index in [0.717, 1.165) is 43.2 Å². The molecular formula is C44H53N3. The molecule has 244 valence electrons. The van der Waals surface area contributed by atoms with Crippen LogP contribution < -0.4 is 14.7 Å². The average molecular weight is 624 g/mol. The van der Waals surface area contributed by atoms with Crippen molar-refractivity contribution in [1.82, 2.24) is 0 Å². The van der Waals surface area contributed by atoms with Gasteiger partial charge in [-0.3, -0.25) is 0 Å². The normalized spacial score (nSPS) is 12.1. The Morgan fingerprint density at radius 3 is 1.53 bits per heavy atom. The van der Waals surface area contributed by atoms with Crippen LogP contribution in [0.1, 0.15) is 82.2 Å². The molecule has 0 heterocycles. The van der Waals surface area contributed by atoms with Crippen LogP contribution in [0.5, 0.6) is 0 Å². The molecule has 47 heavy (non-hydrogen) atoms. The lowest BCUT2D eigenvalue weighted by molar-refractivity contribution is 0.641. The van der Waals surface area contributed by atoms with Gasteiger partial charge >= 0.3 is 0 Å². The lowest BCUT2D eigenvalue weighted by atomic mass is 9.78. The van der Waals surface area contributed by atoms with Crippen LogP contribution >= 0.6 is 0 Å². The minimum atomic E-state index is -0.0835. The molecular weight excluding hydrogens is 571 g/mol. The zero-order valence-electron chi connectivity index (χ0n) is 29.8. The van der Waals surface area contributed by atoms with Gasteiger partial charge in [-0.25, -0.2) is 0 Å². The van der Waals surface area contributed by atoms with Crippen molar-refractivity contribution in [2.45, 2.75) is 66.7 Å². The molecule has 0 aliphatic rings. The van der Waals surface area contributed by atoms with Crippen molar-refractivity contribution in [1.29, 1.82) is 0 Å². The van der Waals surface area contributed by atoms with Crippen molar-refractivity contribution in [3.8, 4) is 0 Å². The fraction of sp³-hybridized carbons (Fsp3) is 0.318. The highest BCUT2D eigenvalue weighted by atomic mass is 15.1. The zero-order valence-corrected chi connectivity index (χ0v) is 29.8. The average Bonchev–Trinajstić information content (AvgIpc) is 3.11. The minimum absolute atomic E-state index is 0.0835. The van der Waals surface area contributed by atoms with Crippen molar-refractivity contribution < 1.29 is 0 Å². The van der Waals surface area contributed by atoms with Crippen LogP contribution in [0.3, 0.4) is 0 Å². The molecule has 0 amide bonds. The third kappa shape index (κ3) is 7.25. The molecule has 0 spiro atoms. The molecule has 5 aromatic carbocycles. The first-order chi connectivity index (χ1) is 22.7. The molecule has 1 atom stereocenters. The summed E-state index contributed by atoms with van der Waals surface area (Å²) in [6.07, 6.45) is 0. The fourth-order valence-corrected chi connectivity index (χ4v) is 6.80. The van der Waals surface area contributed by atoms with Gasteiger partial charge in [-0.05, 0) is 105 Å². The predicted molar refractivity (Wildman–Crippen MR) is 206 cm³/mol. The second-order valence-electron chi connectivity index (χ2n) is 13.1. The van der Waals surface area contributed by atoms with Gasteiger partial charge in [0, 0.05) is 65.9 Å². The van der Waals surface area contributed by atoms with E-state index in [1.165, 1.54) is 39.2 Å². The summed E-state index contributed by atoms with van der Waals surface area (Å²) in [5.74, 6) is 0.262. The summed E-state index contributed by atoms with van der Waals surface area (Å²) in [5, 5.41) is 0. The van der Waals surface area contributed by atoms with E-state index in [9.17, 15) is 0 Å². The maximum atomic E-state index is 2.50. The summed E-state index contributed by atoms with van der Waals surface area (Å²) in [6, 6.07) is 45.0. The summed E-state index contributed by atoms with van der Waals surface area (Å²) in [5.41, 5.74) is 12.6. The number of nitrogens with zero attached hydrogens (tertiary/aromatic N) is 3. The Morgan fingerprint density at radius 1 is 0.532 bits per heavy atom. The third-order valence-electron chi connectivity index (χ3n) is 10.00. The van der Waals surface area contributed by atoms with E-state index in [0.29, 0.717) is 0 Å². The zero-order chi connectivity index (χ0) is 33.6. The van der Waals surface area contributed by atoms with Gasteiger partial charge in [-0.2, -0.15) is 0 Å². The molecule has 3 nitrogen and oxygen atoms in total. The van der Waals surface area contributed by atoms with E-state index >= 15 is 0 Å². The molecule has 1 unspecified atom stereocenters. The molecule has 0 radical (unpaired) electrons. The fourth-order valence-electron chi connectivity index (χ4n) is 6.80. The van der Waals surface area contributed by atoms with E-state index in [1.54, 1.807) is 0 Å². The molecule has 3 heteroatoms. The van der Waals surface area contributed by atoms with Crippen LogP contribution in [0.2, 0.25) is 0 Å². The molecule has 0 bridgehead atoms. The first-order valence-corrected chi connectivity index (χ1v) is 17.5. The first-order valence-electron chi connectivity index (χ1n) is 17.5. The minimum Gasteiger partial charge on any atom is -0.372 e. The topological polar surface area (TPSA) is 9.72 Å². The molecule has 0 aliphatic carbocycles. The van der Waals surface area contributed by atoms with Gasteiger partial charge in [-0.1, -0.05) is 99.1 Å². The maximum absolute atomic E-state index is 2.50. The van der Waals surface area contributed by atoms with Crippen LogP contribution in [-0.4, -0.2) is 26.2 Å². The quantitative estimate of drug-likeness (QED) is 0.129. The third-order valence-corrected chi connectivity index (χ3v) is 10.00. The number of rotatable bonds is 13. The van der Waals surface area contributed by atoms with Crippen molar-refractivity contribution in [2.75, 3.05) is 40.9 Å². The number of hydrogen-bond acceptors (Lipinski definition) is 3. The highest BCUT2D eigenvalue weighted by Crippen LogP contribution is 2.40. The van der Waals surface area contributed by atoms with Crippen molar-refractivity contribution in [3.63, 3.8) is 0 Å². The van der Waals surface area contributed by atoms with Gasteiger partial charge in [0.1, 0.15) is 0 Å². The Morgan fingerprint density at radius 2 is 1.00 bits per heavy atom. The van der Waals surface area contributed by atoms with E-state index in [-0.39, 0.29) is 11.3 Å². The first kappa shape index (κ1) is 33.9. The molecule has 5 aromatic rings. The second-order valence-corrected chi connectivity index (χ2v) is 13.1. The smallest absolute Gasteiger partial charge is 0.0461 e. The van der Waals surface area contributed by atoms with Gasteiger partial charge in [0.05, 0.1) is 0 Å². The summed E-state index contributed by atoms with van der Waals surface area (Å²) >= 11 is 0. The Balaban J connectivity index is 1.50. The molecule has 0 N–H and O–H groups in total. The molecule has 0 saturated heterocycles. The second kappa shape index (κ2) is 14.9. The van der Waals surface area contributed by atoms with Gasteiger partial charge in [0.2, 0.25) is 0 Å². The van der Waals surface area contributed by atoms with E-state index in [1.807, 2.05) is 0 Å². The Kier molecular flexibility index (Phi) is 10.8. The SMILES string of the molecule is CCN(CC)c1ccc(C(C)c2ccc(N(c3ccc(C)cc3)c3ccc(C(C)(C)c4ccccc4)cc3)cc2)c(N(CC)CC)c1. The van der Waals surface area contributed by atoms with Crippen LogP contribution in [0.25, 0.3) is 0 Å². The summed E-state index contributed by atoms with van der Waals surface area (Å²) in [4.78, 5) is 7.30. The largest absolute Gasteiger partial charge is 0.372 e. The summed E-state index contributed by atoms with van der Waals surface area (Å²) in [6.45, 7) is 22.1. The Bertz CT molecular complexity index is 1700. The molecule has 0 saturated carbocycles. The predicted octanol–water partition coefficient (Wildman–Crippen LogP) is 11.6. The molecule has 5 rings (SSSR count). The van der Waals surface area contributed by atoms with Gasteiger partial charge in [0.25, 0.3) is 0 Å². The van der Waals surface area contributed by atoms with Crippen LogP contribution in [0, 0.1) is 6.92 Å². The summed E-state index contributed by atoms with van der Waals surface area (Å²) in [7, 11) is 0. The number of anilines is 5. The van der Waals surface area contributed by atoms with Crippen molar-refractivity contribution >= 4 is 28.4 Å². The number of aryl methyl sites for hydroxylation is 1. The number of hydrogen-bond donors (Lipinski definition) is 0. The number of benzene rings is 5. The summed E-state index contributed by atoms with van der Waals surface area (Å²) < 4.78 is 0. The molecule has 0 fully saturated rings. The van der Waals surface area contributed by atoms with E-state index in [2.05, 4.69) is 191 Å². The highest BCUT2D eigenvalue weighted by molar-refractivity contribution is 5.77.